The highest BCUT2D eigenvalue weighted by molar-refractivity contribution is 5.80. The maximum Gasteiger partial charge on any atom is 0.273 e. The number of rotatable bonds is 4. The third kappa shape index (κ3) is 3.39. The first-order valence-corrected chi connectivity index (χ1v) is 7.74. The molecule has 0 radical (unpaired) electrons. The van der Waals surface area contributed by atoms with Gasteiger partial charge in [-0.15, -0.1) is 0 Å². The summed E-state index contributed by atoms with van der Waals surface area (Å²) in [5.74, 6) is -0.180. The van der Waals surface area contributed by atoms with Gasteiger partial charge in [0.25, 0.3) is 5.69 Å². The van der Waals surface area contributed by atoms with E-state index in [-0.39, 0.29) is 24.1 Å². The van der Waals surface area contributed by atoms with Crippen molar-refractivity contribution in [1.29, 1.82) is 0 Å². The van der Waals surface area contributed by atoms with Gasteiger partial charge >= 0.3 is 0 Å². The number of hydrogen-bond acceptors (Lipinski definition) is 3. The Balaban J connectivity index is 1.73. The smallest absolute Gasteiger partial charge is 0.273 e. The van der Waals surface area contributed by atoms with Crippen LogP contribution >= 0.6 is 0 Å². The van der Waals surface area contributed by atoms with Crippen LogP contribution in [0.5, 0.6) is 0 Å². The second-order valence-corrected chi connectivity index (χ2v) is 5.77. The number of nitro benzene ring substituents is 1. The van der Waals surface area contributed by atoms with Crippen molar-refractivity contribution in [1.82, 2.24) is 5.32 Å². The average Bonchev–Trinajstić information content (AvgIpc) is 2.55. The fourth-order valence-electron chi connectivity index (χ4n) is 3.16. The first kappa shape index (κ1) is 15.2. The van der Waals surface area contributed by atoms with E-state index >= 15 is 0 Å². The van der Waals surface area contributed by atoms with Crippen LogP contribution in [0.4, 0.5) is 5.69 Å². The molecular weight excluding hydrogens is 292 g/mol. The molecule has 1 atom stereocenters. The predicted octanol–water partition coefficient (Wildman–Crippen LogP) is 3.33. The number of hydrogen-bond donors (Lipinski definition) is 1. The molecule has 0 saturated carbocycles. The lowest BCUT2D eigenvalue weighted by Crippen LogP contribution is -2.32. The van der Waals surface area contributed by atoms with Crippen LogP contribution in [0, 0.1) is 10.1 Å². The SMILES string of the molecule is O=C(Cc1ccccc1[N+](=O)[O-])N[C@H]1CCCc2ccccc21. The van der Waals surface area contributed by atoms with Crippen molar-refractivity contribution in [3.8, 4) is 0 Å². The van der Waals surface area contributed by atoms with Gasteiger partial charge in [-0.25, -0.2) is 0 Å². The number of carbonyl (C=O) groups excluding carboxylic acids is 1. The molecule has 118 valence electrons. The summed E-state index contributed by atoms with van der Waals surface area (Å²) in [5.41, 5.74) is 2.87. The fraction of sp³-hybridized carbons (Fsp3) is 0.278. The number of nitro groups is 1. The van der Waals surface area contributed by atoms with Crippen LogP contribution in [0.15, 0.2) is 48.5 Å². The Morgan fingerprint density at radius 1 is 1.17 bits per heavy atom. The molecule has 3 rings (SSSR count). The summed E-state index contributed by atoms with van der Waals surface area (Å²) in [7, 11) is 0. The minimum Gasteiger partial charge on any atom is -0.349 e. The molecule has 5 heteroatoms. The summed E-state index contributed by atoms with van der Waals surface area (Å²) in [6.07, 6.45) is 3.00. The van der Waals surface area contributed by atoms with Crippen molar-refractivity contribution in [2.24, 2.45) is 0 Å². The zero-order valence-electron chi connectivity index (χ0n) is 12.7. The van der Waals surface area contributed by atoms with E-state index < -0.39 is 4.92 Å². The molecule has 0 spiro atoms. The Kier molecular flexibility index (Phi) is 4.37. The van der Waals surface area contributed by atoms with Gasteiger partial charge in [0, 0.05) is 11.6 Å². The van der Waals surface area contributed by atoms with Gasteiger partial charge in [-0.1, -0.05) is 42.5 Å². The van der Waals surface area contributed by atoms with Crippen LogP contribution in [0.2, 0.25) is 0 Å². The zero-order chi connectivity index (χ0) is 16.2. The Hall–Kier alpha value is -2.69. The molecule has 0 aliphatic heterocycles. The summed E-state index contributed by atoms with van der Waals surface area (Å²) in [4.78, 5) is 22.9. The molecule has 0 aromatic heterocycles. The van der Waals surface area contributed by atoms with Gasteiger partial charge in [-0.05, 0) is 30.4 Å². The number of fused-ring (bicyclic) bond motifs is 1. The second kappa shape index (κ2) is 6.60. The lowest BCUT2D eigenvalue weighted by molar-refractivity contribution is -0.385. The molecule has 0 fully saturated rings. The van der Waals surface area contributed by atoms with Crippen LogP contribution in [0.1, 0.15) is 35.6 Å². The summed E-state index contributed by atoms with van der Waals surface area (Å²) < 4.78 is 0. The van der Waals surface area contributed by atoms with E-state index in [1.165, 1.54) is 11.6 Å². The van der Waals surface area contributed by atoms with Gasteiger partial charge in [-0.3, -0.25) is 14.9 Å². The summed E-state index contributed by atoms with van der Waals surface area (Å²) in [6, 6.07) is 14.5. The van der Waals surface area contributed by atoms with Gasteiger partial charge in [0.1, 0.15) is 0 Å². The molecular formula is C18H18N2O3. The van der Waals surface area contributed by atoms with Crippen LogP contribution in [0.25, 0.3) is 0 Å². The first-order valence-electron chi connectivity index (χ1n) is 7.74. The average molecular weight is 310 g/mol. The lowest BCUT2D eigenvalue weighted by Gasteiger charge is -2.26. The van der Waals surface area contributed by atoms with Gasteiger partial charge < -0.3 is 5.32 Å². The number of carbonyl (C=O) groups is 1. The van der Waals surface area contributed by atoms with Crippen molar-refractivity contribution >= 4 is 11.6 Å². The third-order valence-corrected chi connectivity index (χ3v) is 4.24. The first-order chi connectivity index (χ1) is 11.1. The third-order valence-electron chi connectivity index (χ3n) is 4.24. The van der Waals surface area contributed by atoms with E-state index in [1.54, 1.807) is 18.2 Å². The Morgan fingerprint density at radius 2 is 1.91 bits per heavy atom. The number of nitrogens with one attached hydrogen (secondary N) is 1. The number of para-hydroxylation sites is 1. The van der Waals surface area contributed by atoms with Crippen molar-refractivity contribution in [2.45, 2.75) is 31.7 Å². The molecule has 0 heterocycles. The molecule has 0 unspecified atom stereocenters. The zero-order valence-corrected chi connectivity index (χ0v) is 12.7. The Bertz CT molecular complexity index is 743. The standard InChI is InChI=1S/C18H18N2O3/c21-18(12-14-7-2-4-11-17(14)20(22)23)19-16-10-5-8-13-6-1-3-9-15(13)16/h1-4,6-7,9,11,16H,5,8,10,12H2,(H,19,21)/t16-/m0/s1. The van der Waals surface area contributed by atoms with E-state index in [1.807, 2.05) is 18.2 Å². The lowest BCUT2D eigenvalue weighted by atomic mass is 9.87. The molecule has 1 N–H and O–H groups in total. The number of nitrogens with zero attached hydrogens (tertiary/aromatic N) is 1. The van der Waals surface area contributed by atoms with E-state index in [9.17, 15) is 14.9 Å². The topological polar surface area (TPSA) is 72.2 Å². The number of benzene rings is 2. The number of aryl methyl sites for hydroxylation is 1. The Morgan fingerprint density at radius 3 is 2.74 bits per heavy atom. The van der Waals surface area contributed by atoms with E-state index in [2.05, 4.69) is 11.4 Å². The minimum absolute atomic E-state index is 0.00443. The van der Waals surface area contributed by atoms with Crippen LogP contribution in [-0.2, 0) is 17.6 Å². The number of amides is 1. The monoisotopic (exact) mass is 310 g/mol. The maximum atomic E-state index is 12.3. The highest BCUT2D eigenvalue weighted by Gasteiger charge is 2.22. The highest BCUT2D eigenvalue weighted by atomic mass is 16.6. The molecule has 1 aliphatic carbocycles. The largest absolute Gasteiger partial charge is 0.349 e. The van der Waals surface area contributed by atoms with Crippen LogP contribution in [0.3, 0.4) is 0 Å². The van der Waals surface area contributed by atoms with Gasteiger partial charge in [0.2, 0.25) is 5.91 Å². The van der Waals surface area contributed by atoms with Crippen LogP contribution < -0.4 is 5.32 Å². The summed E-state index contributed by atoms with van der Waals surface area (Å²) in [5, 5.41) is 14.1. The quantitative estimate of drug-likeness (QED) is 0.695. The maximum absolute atomic E-state index is 12.3. The van der Waals surface area contributed by atoms with Gasteiger partial charge in [0.15, 0.2) is 0 Å². The molecule has 5 nitrogen and oxygen atoms in total. The van der Waals surface area contributed by atoms with Crippen molar-refractivity contribution < 1.29 is 9.72 Å². The van der Waals surface area contributed by atoms with Crippen molar-refractivity contribution in [3.05, 3.63) is 75.3 Å². The fourth-order valence-corrected chi connectivity index (χ4v) is 3.16. The predicted molar refractivity (Wildman–Crippen MR) is 87.1 cm³/mol. The van der Waals surface area contributed by atoms with E-state index in [4.69, 9.17) is 0 Å². The summed E-state index contributed by atoms with van der Waals surface area (Å²) in [6.45, 7) is 0. The normalized spacial score (nSPS) is 16.4. The summed E-state index contributed by atoms with van der Waals surface area (Å²) >= 11 is 0. The Labute approximate surface area is 134 Å². The molecule has 1 aliphatic rings. The molecule has 23 heavy (non-hydrogen) atoms. The highest BCUT2D eigenvalue weighted by Crippen LogP contribution is 2.29. The van der Waals surface area contributed by atoms with Gasteiger partial charge in [0.05, 0.1) is 17.4 Å². The van der Waals surface area contributed by atoms with E-state index in [0.29, 0.717) is 5.56 Å². The molecule has 1 amide bonds. The molecule has 2 aromatic carbocycles. The van der Waals surface area contributed by atoms with Gasteiger partial charge in [-0.2, -0.15) is 0 Å². The minimum atomic E-state index is -0.446. The molecule has 0 bridgehead atoms. The molecule has 0 saturated heterocycles. The van der Waals surface area contributed by atoms with Crippen LogP contribution in [-0.4, -0.2) is 10.8 Å². The van der Waals surface area contributed by atoms with Crippen molar-refractivity contribution in [2.75, 3.05) is 0 Å². The second-order valence-electron chi connectivity index (χ2n) is 5.77. The molecule has 2 aromatic rings. The van der Waals surface area contributed by atoms with Crippen molar-refractivity contribution in [3.63, 3.8) is 0 Å². The van der Waals surface area contributed by atoms with E-state index in [0.717, 1.165) is 24.8 Å².